The minimum atomic E-state index is -0.782. The van der Waals surface area contributed by atoms with E-state index in [1.54, 1.807) is 0 Å². The van der Waals surface area contributed by atoms with Crippen molar-refractivity contribution in [1.82, 2.24) is 0 Å². The van der Waals surface area contributed by atoms with Crippen LogP contribution in [0.5, 0.6) is 0 Å². The fourth-order valence-corrected chi connectivity index (χ4v) is 8.70. The van der Waals surface area contributed by atoms with Crippen LogP contribution in [0, 0.1) is 0 Å². The standard InChI is InChI=1S/C63H114O6/c1-4-7-10-13-16-19-22-25-28-29-30-31-32-33-36-39-42-45-48-51-54-57-63(66)69-60(58-67-61(64)55-52-49-46-43-40-37-34-26-23-20-17-14-11-8-5-2)59-68-62(65)56-53-50-47-44-41-38-35-27-24-21-18-15-12-9-6-3/h17,20,25-28,34-35,60H,4-16,18-19,21-24,29-33,36-59H2,1-3H3/b20-17-,28-25-,34-26-,35-27-/t60-/m1/s1. The number of esters is 3. The number of carbonyl (C=O) groups excluding carboxylic acids is 3. The normalized spacial score (nSPS) is 12.3. The van der Waals surface area contributed by atoms with Crippen molar-refractivity contribution in [3.63, 3.8) is 0 Å². The zero-order valence-corrected chi connectivity index (χ0v) is 46.1. The summed E-state index contributed by atoms with van der Waals surface area (Å²) < 4.78 is 16.9. The van der Waals surface area contributed by atoms with Gasteiger partial charge in [0.15, 0.2) is 6.10 Å². The third-order valence-corrected chi connectivity index (χ3v) is 13.3. The second-order valence-corrected chi connectivity index (χ2v) is 20.2. The van der Waals surface area contributed by atoms with E-state index in [1.807, 2.05) is 0 Å². The Hall–Kier alpha value is -2.63. The maximum Gasteiger partial charge on any atom is 0.306 e. The Labute approximate surface area is 428 Å². The van der Waals surface area contributed by atoms with Crippen LogP contribution in [-0.2, 0) is 28.6 Å². The van der Waals surface area contributed by atoms with Crippen molar-refractivity contribution in [2.45, 2.75) is 322 Å². The number of hydrogen-bond donors (Lipinski definition) is 0. The Kier molecular flexibility index (Phi) is 55.7. The van der Waals surface area contributed by atoms with Crippen LogP contribution in [0.15, 0.2) is 48.6 Å². The molecule has 0 fully saturated rings. The summed E-state index contributed by atoms with van der Waals surface area (Å²) in [7, 11) is 0. The molecule has 0 saturated heterocycles. The summed E-state index contributed by atoms with van der Waals surface area (Å²) in [6.07, 6.45) is 71.0. The summed E-state index contributed by atoms with van der Waals surface area (Å²) >= 11 is 0. The molecule has 0 amide bonds. The number of hydrogen-bond acceptors (Lipinski definition) is 6. The maximum atomic E-state index is 12.9. The largest absolute Gasteiger partial charge is 0.462 e. The molecule has 0 aromatic carbocycles. The molecule has 0 radical (unpaired) electrons. The Morgan fingerprint density at radius 3 is 0.841 bits per heavy atom. The summed E-state index contributed by atoms with van der Waals surface area (Å²) in [5.41, 5.74) is 0. The van der Waals surface area contributed by atoms with Crippen molar-refractivity contribution >= 4 is 17.9 Å². The molecule has 0 N–H and O–H groups in total. The minimum Gasteiger partial charge on any atom is -0.462 e. The van der Waals surface area contributed by atoms with Gasteiger partial charge in [0.05, 0.1) is 0 Å². The van der Waals surface area contributed by atoms with Gasteiger partial charge in [0, 0.05) is 19.3 Å². The van der Waals surface area contributed by atoms with Crippen LogP contribution in [0.1, 0.15) is 316 Å². The molecule has 6 nitrogen and oxygen atoms in total. The van der Waals surface area contributed by atoms with Crippen LogP contribution < -0.4 is 0 Å². The molecule has 0 aromatic rings. The Balaban J connectivity index is 4.36. The van der Waals surface area contributed by atoms with E-state index < -0.39 is 6.10 Å². The van der Waals surface area contributed by atoms with Crippen LogP contribution in [0.25, 0.3) is 0 Å². The second-order valence-electron chi connectivity index (χ2n) is 20.2. The lowest BCUT2D eigenvalue weighted by molar-refractivity contribution is -0.167. The van der Waals surface area contributed by atoms with Crippen LogP contribution in [0.3, 0.4) is 0 Å². The number of carbonyl (C=O) groups is 3. The Morgan fingerprint density at radius 2 is 0.522 bits per heavy atom. The second kappa shape index (κ2) is 57.9. The summed E-state index contributed by atoms with van der Waals surface area (Å²) in [4.78, 5) is 38.2. The summed E-state index contributed by atoms with van der Waals surface area (Å²) in [5.74, 6) is -0.888. The zero-order chi connectivity index (χ0) is 50.0. The van der Waals surface area contributed by atoms with Gasteiger partial charge in [-0.05, 0) is 103 Å². The number of allylic oxidation sites excluding steroid dienone is 8. The summed E-state index contributed by atoms with van der Waals surface area (Å²) in [5, 5.41) is 0. The lowest BCUT2D eigenvalue weighted by atomic mass is 10.0. The number of rotatable bonds is 55. The Morgan fingerprint density at radius 1 is 0.290 bits per heavy atom. The van der Waals surface area contributed by atoms with E-state index in [1.165, 1.54) is 193 Å². The van der Waals surface area contributed by atoms with Crippen molar-refractivity contribution in [3.05, 3.63) is 48.6 Å². The van der Waals surface area contributed by atoms with Gasteiger partial charge in [-0.25, -0.2) is 0 Å². The van der Waals surface area contributed by atoms with E-state index in [0.717, 1.165) is 83.5 Å². The van der Waals surface area contributed by atoms with Gasteiger partial charge in [-0.15, -0.1) is 0 Å². The van der Waals surface area contributed by atoms with Crippen LogP contribution in [-0.4, -0.2) is 37.2 Å². The van der Waals surface area contributed by atoms with Gasteiger partial charge in [-0.2, -0.15) is 0 Å². The molecule has 402 valence electrons. The third kappa shape index (κ3) is 56.2. The van der Waals surface area contributed by atoms with E-state index in [2.05, 4.69) is 69.4 Å². The van der Waals surface area contributed by atoms with E-state index in [9.17, 15) is 14.4 Å². The molecule has 0 bridgehead atoms. The predicted octanol–water partition coefficient (Wildman–Crippen LogP) is 20.2. The van der Waals surface area contributed by atoms with Crippen molar-refractivity contribution in [1.29, 1.82) is 0 Å². The highest BCUT2D eigenvalue weighted by Gasteiger charge is 2.19. The smallest absolute Gasteiger partial charge is 0.306 e. The van der Waals surface area contributed by atoms with E-state index in [-0.39, 0.29) is 31.1 Å². The molecular weight excluding hydrogens is 853 g/mol. The molecule has 0 aromatic heterocycles. The Bertz CT molecular complexity index is 1200. The highest BCUT2D eigenvalue weighted by atomic mass is 16.6. The first kappa shape index (κ1) is 66.4. The lowest BCUT2D eigenvalue weighted by Crippen LogP contribution is -2.30. The fraction of sp³-hybridized carbons (Fsp3) is 0.825. The molecule has 0 saturated carbocycles. The molecule has 0 spiro atoms. The molecule has 0 rings (SSSR count). The fourth-order valence-electron chi connectivity index (χ4n) is 8.70. The summed E-state index contributed by atoms with van der Waals surface area (Å²) in [6.45, 7) is 6.62. The van der Waals surface area contributed by atoms with Gasteiger partial charge < -0.3 is 14.2 Å². The van der Waals surface area contributed by atoms with E-state index >= 15 is 0 Å². The maximum absolute atomic E-state index is 12.9. The molecule has 69 heavy (non-hydrogen) atoms. The zero-order valence-electron chi connectivity index (χ0n) is 46.1. The average Bonchev–Trinajstić information content (AvgIpc) is 3.35. The quantitative estimate of drug-likeness (QED) is 0.0262. The first-order valence-corrected chi connectivity index (χ1v) is 30.1. The molecule has 0 aliphatic rings. The van der Waals surface area contributed by atoms with Gasteiger partial charge in [0.25, 0.3) is 0 Å². The average molecular weight is 968 g/mol. The van der Waals surface area contributed by atoms with Crippen LogP contribution in [0.2, 0.25) is 0 Å². The molecule has 0 heterocycles. The molecular formula is C63H114O6. The first-order chi connectivity index (χ1) is 34.0. The SMILES string of the molecule is CCCCC/C=C\C/C=C\CCCCCCCC(=O)OC[C@H](COC(=O)CCCCCCC/C=C\CCCCCCCC)OC(=O)CCCCCCCCCCCCC/C=C\CCCCCCCC. The van der Waals surface area contributed by atoms with Crippen molar-refractivity contribution in [2.24, 2.45) is 0 Å². The van der Waals surface area contributed by atoms with Gasteiger partial charge >= 0.3 is 17.9 Å². The highest BCUT2D eigenvalue weighted by Crippen LogP contribution is 2.16. The van der Waals surface area contributed by atoms with Gasteiger partial charge in [-0.1, -0.05) is 243 Å². The van der Waals surface area contributed by atoms with Crippen molar-refractivity contribution in [2.75, 3.05) is 13.2 Å². The number of ether oxygens (including phenoxy) is 3. The molecule has 0 aliphatic carbocycles. The highest BCUT2D eigenvalue weighted by molar-refractivity contribution is 5.71. The van der Waals surface area contributed by atoms with Crippen molar-refractivity contribution < 1.29 is 28.6 Å². The topological polar surface area (TPSA) is 78.9 Å². The molecule has 6 heteroatoms. The third-order valence-electron chi connectivity index (χ3n) is 13.3. The summed E-state index contributed by atoms with van der Waals surface area (Å²) in [6, 6.07) is 0. The van der Waals surface area contributed by atoms with Gasteiger partial charge in [-0.3, -0.25) is 14.4 Å². The number of unbranched alkanes of at least 4 members (excludes halogenated alkanes) is 36. The first-order valence-electron chi connectivity index (χ1n) is 30.1. The van der Waals surface area contributed by atoms with Gasteiger partial charge in [0.2, 0.25) is 0 Å². The monoisotopic (exact) mass is 967 g/mol. The molecule has 0 unspecified atom stereocenters. The molecule has 0 aliphatic heterocycles. The van der Waals surface area contributed by atoms with Crippen molar-refractivity contribution in [3.8, 4) is 0 Å². The van der Waals surface area contributed by atoms with E-state index in [4.69, 9.17) is 14.2 Å². The van der Waals surface area contributed by atoms with Gasteiger partial charge in [0.1, 0.15) is 13.2 Å². The molecule has 1 atom stereocenters. The lowest BCUT2D eigenvalue weighted by Gasteiger charge is -2.18. The van der Waals surface area contributed by atoms with Crippen LogP contribution >= 0.6 is 0 Å². The predicted molar refractivity (Wildman–Crippen MR) is 298 cm³/mol. The van der Waals surface area contributed by atoms with E-state index in [0.29, 0.717) is 19.3 Å². The minimum absolute atomic E-state index is 0.0804. The van der Waals surface area contributed by atoms with Crippen LogP contribution in [0.4, 0.5) is 0 Å².